The molecular weight excluding hydrogens is 289 g/mol. The zero-order chi connectivity index (χ0) is 14.9. The Kier molecular flexibility index (Phi) is 4.17. The highest BCUT2D eigenvalue weighted by molar-refractivity contribution is 7.99. The smallest absolute Gasteiger partial charge is 0.398 e. The Morgan fingerprint density at radius 3 is 2.75 bits per heavy atom. The standard InChI is InChI=1S/C13H15F3N2OS/c1-8-7-20-5-4-18(8)12(19)9-2-3-11(17)10(6-9)13(14,15)16/h2-3,6,8H,4-5,7,17H2,1H3. The van der Waals surface area contributed by atoms with Crippen LogP contribution in [0.4, 0.5) is 18.9 Å². The Morgan fingerprint density at radius 2 is 2.15 bits per heavy atom. The van der Waals surface area contributed by atoms with Crippen molar-refractivity contribution in [2.24, 2.45) is 0 Å². The number of halogens is 3. The number of rotatable bonds is 1. The van der Waals surface area contributed by atoms with E-state index in [-0.39, 0.29) is 23.2 Å². The predicted octanol–water partition coefficient (Wildman–Crippen LogP) is 2.87. The quantitative estimate of drug-likeness (QED) is 0.812. The summed E-state index contributed by atoms with van der Waals surface area (Å²) < 4.78 is 38.4. The average molecular weight is 304 g/mol. The van der Waals surface area contributed by atoms with Crippen molar-refractivity contribution < 1.29 is 18.0 Å². The molecule has 20 heavy (non-hydrogen) atoms. The van der Waals surface area contributed by atoms with Crippen LogP contribution in [0.3, 0.4) is 0 Å². The average Bonchev–Trinajstić information content (AvgIpc) is 2.37. The van der Waals surface area contributed by atoms with E-state index in [4.69, 9.17) is 5.73 Å². The van der Waals surface area contributed by atoms with Gasteiger partial charge in [-0.25, -0.2) is 0 Å². The van der Waals surface area contributed by atoms with Crippen molar-refractivity contribution in [3.8, 4) is 0 Å². The van der Waals surface area contributed by atoms with Gasteiger partial charge >= 0.3 is 6.18 Å². The van der Waals surface area contributed by atoms with Gasteiger partial charge in [-0.05, 0) is 25.1 Å². The van der Waals surface area contributed by atoms with Crippen LogP contribution in [0.2, 0.25) is 0 Å². The minimum Gasteiger partial charge on any atom is -0.398 e. The zero-order valence-corrected chi connectivity index (χ0v) is 11.7. The van der Waals surface area contributed by atoms with E-state index < -0.39 is 11.7 Å². The SMILES string of the molecule is CC1CSCCN1C(=O)c1ccc(N)c(C(F)(F)F)c1. The highest BCUT2D eigenvalue weighted by Crippen LogP contribution is 2.34. The van der Waals surface area contributed by atoms with E-state index in [1.165, 1.54) is 6.07 Å². The van der Waals surface area contributed by atoms with Crippen molar-refractivity contribution in [1.29, 1.82) is 0 Å². The molecule has 1 atom stereocenters. The summed E-state index contributed by atoms with van der Waals surface area (Å²) >= 11 is 1.74. The van der Waals surface area contributed by atoms with Crippen LogP contribution in [0.25, 0.3) is 0 Å². The molecule has 1 unspecified atom stereocenters. The molecule has 1 fully saturated rings. The molecule has 1 aliphatic rings. The first-order valence-corrected chi connectivity index (χ1v) is 7.31. The van der Waals surface area contributed by atoms with E-state index in [2.05, 4.69) is 0 Å². The number of alkyl halides is 3. The molecule has 2 N–H and O–H groups in total. The minimum absolute atomic E-state index is 0.0214. The number of nitrogen functional groups attached to an aromatic ring is 1. The monoisotopic (exact) mass is 304 g/mol. The number of thioether (sulfide) groups is 1. The molecule has 3 nitrogen and oxygen atoms in total. The van der Waals surface area contributed by atoms with Crippen LogP contribution in [-0.4, -0.2) is 34.9 Å². The maximum atomic E-state index is 12.8. The number of carbonyl (C=O) groups excluding carboxylic acids is 1. The maximum absolute atomic E-state index is 12.8. The van der Waals surface area contributed by atoms with Gasteiger partial charge in [0.1, 0.15) is 0 Å². The second-order valence-corrected chi connectivity index (χ2v) is 5.87. The van der Waals surface area contributed by atoms with Gasteiger partial charge < -0.3 is 10.6 Å². The predicted molar refractivity (Wildman–Crippen MR) is 73.7 cm³/mol. The fourth-order valence-electron chi connectivity index (χ4n) is 2.13. The molecule has 0 bridgehead atoms. The van der Waals surface area contributed by atoms with Crippen LogP contribution in [-0.2, 0) is 6.18 Å². The summed E-state index contributed by atoms with van der Waals surface area (Å²) in [4.78, 5) is 13.9. The molecule has 1 amide bonds. The third-order valence-electron chi connectivity index (χ3n) is 3.23. The lowest BCUT2D eigenvalue weighted by Crippen LogP contribution is -2.44. The zero-order valence-electron chi connectivity index (χ0n) is 10.9. The number of benzene rings is 1. The van der Waals surface area contributed by atoms with Crippen molar-refractivity contribution in [1.82, 2.24) is 4.90 Å². The summed E-state index contributed by atoms with van der Waals surface area (Å²) in [7, 11) is 0. The Balaban J connectivity index is 2.31. The van der Waals surface area contributed by atoms with Gasteiger partial charge in [0.2, 0.25) is 0 Å². The number of amides is 1. The van der Waals surface area contributed by atoms with Crippen LogP contribution in [0, 0.1) is 0 Å². The van der Waals surface area contributed by atoms with Crippen molar-refractivity contribution in [2.45, 2.75) is 19.1 Å². The molecule has 1 heterocycles. The number of carbonyl (C=O) groups is 1. The van der Waals surface area contributed by atoms with Crippen molar-refractivity contribution in [3.63, 3.8) is 0 Å². The topological polar surface area (TPSA) is 46.3 Å². The van der Waals surface area contributed by atoms with Crippen LogP contribution >= 0.6 is 11.8 Å². The lowest BCUT2D eigenvalue weighted by atomic mass is 10.1. The Hall–Kier alpha value is -1.37. The van der Waals surface area contributed by atoms with E-state index >= 15 is 0 Å². The van der Waals surface area contributed by atoms with Crippen LogP contribution in [0.15, 0.2) is 18.2 Å². The molecule has 0 saturated carbocycles. The van der Waals surface area contributed by atoms with Gasteiger partial charge in [0.15, 0.2) is 0 Å². The van der Waals surface area contributed by atoms with E-state index in [0.29, 0.717) is 6.54 Å². The molecule has 0 radical (unpaired) electrons. The highest BCUT2D eigenvalue weighted by atomic mass is 32.2. The summed E-state index contributed by atoms with van der Waals surface area (Å²) in [6, 6.07) is 3.35. The fraction of sp³-hybridized carbons (Fsp3) is 0.462. The van der Waals surface area contributed by atoms with Crippen molar-refractivity contribution >= 4 is 23.4 Å². The minimum atomic E-state index is -4.55. The molecule has 1 saturated heterocycles. The van der Waals surface area contributed by atoms with Gasteiger partial charge in [-0.1, -0.05) is 0 Å². The Bertz CT molecular complexity index is 519. The second-order valence-electron chi connectivity index (χ2n) is 4.72. The van der Waals surface area contributed by atoms with Gasteiger partial charge in [0, 0.05) is 35.3 Å². The van der Waals surface area contributed by atoms with Crippen LogP contribution < -0.4 is 5.73 Å². The lowest BCUT2D eigenvalue weighted by molar-refractivity contribution is -0.136. The summed E-state index contributed by atoms with van der Waals surface area (Å²) in [5, 5.41) is 0. The van der Waals surface area contributed by atoms with E-state index in [0.717, 1.165) is 23.6 Å². The van der Waals surface area contributed by atoms with E-state index in [1.54, 1.807) is 16.7 Å². The number of anilines is 1. The Labute approximate surface area is 119 Å². The van der Waals surface area contributed by atoms with Gasteiger partial charge in [0.25, 0.3) is 5.91 Å². The fourth-order valence-corrected chi connectivity index (χ4v) is 3.14. The number of hydrogen-bond acceptors (Lipinski definition) is 3. The van der Waals surface area contributed by atoms with E-state index in [1.807, 2.05) is 6.92 Å². The summed E-state index contributed by atoms with van der Waals surface area (Å²) in [6.07, 6.45) is -4.55. The number of nitrogens with two attached hydrogens (primary N) is 1. The first-order chi connectivity index (χ1) is 9.30. The van der Waals surface area contributed by atoms with Crippen molar-refractivity contribution in [2.75, 3.05) is 23.8 Å². The lowest BCUT2D eigenvalue weighted by Gasteiger charge is -2.33. The molecule has 110 valence electrons. The number of nitrogens with zero attached hydrogens (tertiary/aromatic N) is 1. The third kappa shape index (κ3) is 3.03. The molecule has 7 heteroatoms. The highest BCUT2D eigenvalue weighted by Gasteiger charge is 2.34. The first kappa shape index (κ1) is 15.0. The van der Waals surface area contributed by atoms with Gasteiger partial charge in [-0.15, -0.1) is 0 Å². The third-order valence-corrected chi connectivity index (χ3v) is 4.42. The molecule has 0 spiro atoms. The van der Waals surface area contributed by atoms with Gasteiger partial charge in [-0.2, -0.15) is 24.9 Å². The second kappa shape index (κ2) is 5.55. The Morgan fingerprint density at radius 1 is 1.45 bits per heavy atom. The normalized spacial score (nSPS) is 20.0. The molecule has 0 aliphatic carbocycles. The molecule has 1 aromatic carbocycles. The summed E-state index contributed by atoms with van der Waals surface area (Å²) in [5.74, 6) is 1.23. The van der Waals surface area contributed by atoms with E-state index in [9.17, 15) is 18.0 Å². The van der Waals surface area contributed by atoms with Gasteiger partial charge in [0.05, 0.1) is 5.56 Å². The summed E-state index contributed by atoms with van der Waals surface area (Å²) in [5.41, 5.74) is 4.05. The largest absolute Gasteiger partial charge is 0.418 e. The molecule has 1 aliphatic heterocycles. The molecule has 2 rings (SSSR count). The van der Waals surface area contributed by atoms with Crippen LogP contribution in [0.5, 0.6) is 0 Å². The first-order valence-electron chi connectivity index (χ1n) is 6.16. The number of hydrogen-bond donors (Lipinski definition) is 1. The molecule has 0 aromatic heterocycles. The maximum Gasteiger partial charge on any atom is 0.418 e. The molecule has 1 aromatic rings. The van der Waals surface area contributed by atoms with Crippen molar-refractivity contribution in [3.05, 3.63) is 29.3 Å². The van der Waals surface area contributed by atoms with Crippen LogP contribution in [0.1, 0.15) is 22.8 Å². The van der Waals surface area contributed by atoms with Gasteiger partial charge in [-0.3, -0.25) is 4.79 Å². The molecular formula is C13H15F3N2OS. The summed E-state index contributed by atoms with van der Waals surface area (Å²) in [6.45, 7) is 2.45.